The highest BCUT2D eigenvalue weighted by molar-refractivity contribution is 5.43. The number of imidazole rings is 1. The van der Waals surface area contributed by atoms with E-state index in [0.717, 1.165) is 22.5 Å². The van der Waals surface area contributed by atoms with E-state index in [1.807, 2.05) is 28.9 Å². The molecule has 1 aromatic carbocycles. The summed E-state index contributed by atoms with van der Waals surface area (Å²) in [4.78, 5) is 4.55. The van der Waals surface area contributed by atoms with Crippen LogP contribution in [0.3, 0.4) is 0 Å². The zero-order valence-electron chi connectivity index (χ0n) is 10.4. The fraction of sp³-hybridized carbons (Fsp3) is 0.133. The number of aromatic nitrogens is 2. The predicted molar refractivity (Wildman–Crippen MR) is 72.3 cm³/mol. The first kappa shape index (κ1) is 11.9. The first-order chi connectivity index (χ1) is 9.24. The highest BCUT2D eigenvalue weighted by Gasteiger charge is 2.04. The summed E-state index contributed by atoms with van der Waals surface area (Å²) in [5.74, 6) is -0.216. The van der Waals surface area contributed by atoms with E-state index in [1.54, 1.807) is 12.1 Å². The molecule has 0 bridgehead atoms. The van der Waals surface area contributed by atoms with Crippen LogP contribution in [0.4, 0.5) is 4.39 Å². The number of hydrogen-bond donors (Lipinski definition) is 1. The Bertz CT molecular complexity index is 701. The largest absolute Gasteiger partial charge is 0.326 e. The van der Waals surface area contributed by atoms with Crippen LogP contribution in [0.2, 0.25) is 0 Å². The average Bonchev–Trinajstić information content (AvgIpc) is 2.82. The van der Waals surface area contributed by atoms with E-state index >= 15 is 0 Å². The summed E-state index contributed by atoms with van der Waals surface area (Å²) in [7, 11) is 0. The predicted octanol–water partition coefficient (Wildman–Crippen LogP) is 2.52. The van der Waals surface area contributed by atoms with E-state index in [9.17, 15) is 4.39 Å². The summed E-state index contributed by atoms with van der Waals surface area (Å²) >= 11 is 0. The van der Waals surface area contributed by atoms with Crippen molar-refractivity contribution >= 4 is 5.65 Å². The van der Waals surface area contributed by atoms with Crippen molar-refractivity contribution in [3.63, 3.8) is 0 Å². The summed E-state index contributed by atoms with van der Waals surface area (Å²) < 4.78 is 14.8. The van der Waals surface area contributed by atoms with Crippen LogP contribution in [0.15, 0.2) is 48.8 Å². The lowest BCUT2D eigenvalue weighted by Crippen LogP contribution is -1.96. The number of pyridine rings is 1. The van der Waals surface area contributed by atoms with Gasteiger partial charge in [-0.3, -0.25) is 0 Å². The topological polar surface area (TPSA) is 43.3 Å². The lowest BCUT2D eigenvalue weighted by molar-refractivity contribution is 0.627. The van der Waals surface area contributed by atoms with Crippen LogP contribution in [-0.4, -0.2) is 9.38 Å². The third-order valence-electron chi connectivity index (χ3n) is 3.11. The van der Waals surface area contributed by atoms with E-state index in [2.05, 4.69) is 4.98 Å². The Kier molecular flexibility index (Phi) is 3.01. The monoisotopic (exact) mass is 255 g/mol. The molecule has 0 fully saturated rings. The molecule has 2 aromatic heterocycles. The number of halogens is 1. The molecular formula is C15H14FN3. The van der Waals surface area contributed by atoms with Crippen LogP contribution >= 0.6 is 0 Å². The second kappa shape index (κ2) is 4.82. The van der Waals surface area contributed by atoms with E-state index in [4.69, 9.17) is 5.73 Å². The third-order valence-corrected chi connectivity index (χ3v) is 3.11. The quantitative estimate of drug-likeness (QED) is 0.781. The van der Waals surface area contributed by atoms with Crippen molar-refractivity contribution < 1.29 is 4.39 Å². The van der Waals surface area contributed by atoms with Gasteiger partial charge in [0.2, 0.25) is 0 Å². The summed E-state index contributed by atoms with van der Waals surface area (Å²) in [6.07, 6.45) is 4.64. The maximum absolute atomic E-state index is 12.8. The summed E-state index contributed by atoms with van der Waals surface area (Å²) in [6.45, 7) is 0.511. The second-order valence-corrected chi connectivity index (χ2v) is 4.54. The Morgan fingerprint density at radius 2 is 1.89 bits per heavy atom. The normalized spacial score (nSPS) is 11.1. The SMILES string of the molecule is NCc1ccn2cc(Cc3ccc(F)cc3)nc2c1. The van der Waals surface area contributed by atoms with Crippen molar-refractivity contribution in [2.75, 3.05) is 0 Å². The maximum Gasteiger partial charge on any atom is 0.137 e. The van der Waals surface area contributed by atoms with Gasteiger partial charge in [-0.2, -0.15) is 0 Å². The van der Waals surface area contributed by atoms with Gasteiger partial charge >= 0.3 is 0 Å². The van der Waals surface area contributed by atoms with Crippen LogP contribution in [0.5, 0.6) is 0 Å². The molecule has 3 rings (SSSR count). The van der Waals surface area contributed by atoms with Crippen molar-refractivity contribution in [2.45, 2.75) is 13.0 Å². The number of rotatable bonds is 3. The molecule has 19 heavy (non-hydrogen) atoms. The van der Waals surface area contributed by atoms with Gasteiger partial charge in [-0.25, -0.2) is 9.37 Å². The molecule has 0 aliphatic rings. The average molecular weight is 255 g/mol. The molecule has 4 heteroatoms. The lowest BCUT2D eigenvalue weighted by Gasteiger charge is -1.96. The van der Waals surface area contributed by atoms with Crippen LogP contribution in [0.25, 0.3) is 5.65 Å². The van der Waals surface area contributed by atoms with Gasteiger partial charge in [0, 0.05) is 25.4 Å². The van der Waals surface area contributed by atoms with Crippen molar-refractivity contribution in [3.05, 3.63) is 71.4 Å². The van der Waals surface area contributed by atoms with Gasteiger partial charge in [-0.15, -0.1) is 0 Å². The molecule has 2 N–H and O–H groups in total. The lowest BCUT2D eigenvalue weighted by atomic mass is 10.1. The minimum absolute atomic E-state index is 0.216. The van der Waals surface area contributed by atoms with Gasteiger partial charge in [-0.1, -0.05) is 12.1 Å². The molecule has 3 nitrogen and oxygen atoms in total. The Morgan fingerprint density at radius 3 is 2.63 bits per heavy atom. The van der Waals surface area contributed by atoms with Gasteiger partial charge in [-0.05, 0) is 35.4 Å². The van der Waals surface area contributed by atoms with Crippen LogP contribution in [-0.2, 0) is 13.0 Å². The zero-order valence-corrected chi connectivity index (χ0v) is 10.4. The molecule has 3 aromatic rings. The van der Waals surface area contributed by atoms with Gasteiger partial charge in [0.05, 0.1) is 5.69 Å². The highest BCUT2D eigenvalue weighted by Crippen LogP contribution is 2.12. The summed E-state index contributed by atoms with van der Waals surface area (Å²) in [6, 6.07) is 10.5. The third kappa shape index (κ3) is 2.48. The maximum atomic E-state index is 12.8. The van der Waals surface area contributed by atoms with Gasteiger partial charge in [0.25, 0.3) is 0 Å². The minimum Gasteiger partial charge on any atom is -0.326 e. The molecule has 0 saturated carbocycles. The first-order valence-electron chi connectivity index (χ1n) is 6.15. The molecular weight excluding hydrogens is 241 g/mol. The van der Waals surface area contributed by atoms with Crippen LogP contribution < -0.4 is 5.73 Å². The molecule has 96 valence electrons. The fourth-order valence-electron chi connectivity index (χ4n) is 2.10. The molecule has 0 radical (unpaired) electrons. The van der Waals surface area contributed by atoms with E-state index < -0.39 is 0 Å². The van der Waals surface area contributed by atoms with E-state index in [1.165, 1.54) is 12.1 Å². The fourth-order valence-corrected chi connectivity index (χ4v) is 2.10. The van der Waals surface area contributed by atoms with E-state index in [-0.39, 0.29) is 5.82 Å². The van der Waals surface area contributed by atoms with Gasteiger partial charge in [0.15, 0.2) is 0 Å². The summed E-state index contributed by atoms with van der Waals surface area (Å²) in [5.41, 5.74) is 9.57. The minimum atomic E-state index is -0.216. The number of nitrogens with zero attached hydrogens (tertiary/aromatic N) is 2. The van der Waals surface area contributed by atoms with Crippen molar-refractivity contribution in [2.24, 2.45) is 5.73 Å². The van der Waals surface area contributed by atoms with Crippen molar-refractivity contribution in [1.82, 2.24) is 9.38 Å². The first-order valence-corrected chi connectivity index (χ1v) is 6.15. The van der Waals surface area contributed by atoms with Gasteiger partial charge < -0.3 is 10.1 Å². The Morgan fingerprint density at radius 1 is 1.11 bits per heavy atom. The highest BCUT2D eigenvalue weighted by atomic mass is 19.1. The molecule has 2 heterocycles. The Balaban J connectivity index is 1.90. The zero-order chi connectivity index (χ0) is 13.2. The Hall–Kier alpha value is -2.20. The van der Waals surface area contributed by atoms with E-state index in [0.29, 0.717) is 13.0 Å². The molecule has 0 saturated heterocycles. The van der Waals surface area contributed by atoms with Crippen molar-refractivity contribution in [1.29, 1.82) is 0 Å². The molecule has 0 unspecified atom stereocenters. The van der Waals surface area contributed by atoms with Gasteiger partial charge in [0.1, 0.15) is 11.5 Å². The summed E-state index contributed by atoms with van der Waals surface area (Å²) in [5, 5.41) is 0. The molecule has 0 aliphatic heterocycles. The number of nitrogens with two attached hydrogens (primary N) is 1. The number of hydrogen-bond acceptors (Lipinski definition) is 2. The smallest absolute Gasteiger partial charge is 0.137 e. The second-order valence-electron chi connectivity index (χ2n) is 4.54. The number of fused-ring (bicyclic) bond motifs is 1. The molecule has 0 aliphatic carbocycles. The molecule has 0 spiro atoms. The number of benzene rings is 1. The van der Waals surface area contributed by atoms with Crippen LogP contribution in [0, 0.1) is 5.82 Å². The van der Waals surface area contributed by atoms with Crippen LogP contribution in [0.1, 0.15) is 16.8 Å². The van der Waals surface area contributed by atoms with Crippen molar-refractivity contribution in [3.8, 4) is 0 Å². The Labute approximate surface area is 110 Å². The molecule has 0 amide bonds. The standard InChI is InChI=1S/C15H14FN3/c16-13-3-1-11(2-4-13)7-14-10-19-6-5-12(9-17)8-15(19)18-14/h1-6,8,10H,7,9,17H2. The molecule has 0 atom stereocenters.